The third-order valence-electron chi connectivity index (χ3n) is 3.07. The molecule has 21 heavy (non-hydrogen) atoms. The second-order valence-corrected chi connectivity index (χ2v) is 5.08. The fourth-order valence-electron chi connectivity index (χ4n) is 2.01. The van der Waals surface area contributed by atoms with E-state index in [4.69, 9.17) is 32.7 Å². The van der Waals surface area contributed by atoms with Gasteiger partial charge in [0.25, 0.3) is 0 Å². The molecule has 0 heterocycles. The summed E-state index contributed by atoms with van der Waals surface area (Å²) in [5.41, 5.74) is 0.245. The standard InChI is InChI=1S/C15H13Cl2FO3/c1-20-12-6-8(10(17)7-13(12)21-2)15(19)14-9(16)4-3-5-11(14)18/h3-7,15,19H,1-2H3. The monoisotopic (exact) mass is 330 g/mol. The molecule has 0 amide bonds. The van der Waals surface area contributed by atoms with Crippen molar-refractivity contribution in [2.75, 3.05) is 14.2 Å². The number of hydrogen-bond donors (Lipinski definition) is 1. The second-order valence-electron chi connectivity index (χ2n) is 4.27. The van der Waals surface area contributed by atoms with Crippen molar-refractivity contribution in [1.82, 2.24) is 0 Å². The fraction of sp³-hybridized carbons (Fsp3) is 0.200. The molecule has 0 aliphatic rings. The Balaban J connectivity index is 2.56. The van der Waals surface area contributed by atoms with E-state index in [1.54, 1.807) is 0 Å². The number of aliphatic hydroxyl groups is 1. The van der Waals surface area contributed by atoms with Gasteiger partial charge in [0.2, 0.25) is 0 Å². The molecule has 6 heteroatoms. The van der Waals surface area contributed by atoms with Gasteiger partial charge in [-0.3, -0.25) is 0 Å². The zero-order valence-corrected chi connectivity index (χ0v) is 12.9. The quantitative estimate of drug-likeness (QED) is 0.911. The van der Waals surface area contributed by atoms with Crippen LogP contribution in [0.3, 0.4) is 0 Å². The molecule has 0 aliphatic carbocycles. The maximum atomic E-state index is 13.9. The van der Waals surface area contributed by atoms with Gasteiger partial charge in [-0.1, -0.05) is 29.3 Å². The van der Waals surface area contributed by atoms with E-state index in [9.17, 15) is 9.50 Å². The number of aliphatic hydroxyl groups excluding tert-OH is 1. The predicted molar refractivity (Wildman–Crippen MR) is 80.0 cm³/mol. The smallest absolute Gasteiger partial charge is 0.162 e. The van der Waals surface area contributed by atoms with Crippen LogP contribution in [-0.4, -0.2) is 19.3 Å². The van der Waals surface area contributed by atoms with Gasteiger partial charge in [0.15, 0.2) is 11.5 Å². The van der Waals surface area contributed by atoms with E-state index in [-0.39, 0.29) is 21.2 Å². The molecule has 1 unspecified atom stereocenters. The minimum absolute atomic E-state index is 0.0340. The summed E-state index contributed by atoms with van der Waals surface area (Å²) < 4.78 is 24.2. The molecular weight excluding hydrogens is 318 g/mol. The largest absolute Gasteiger partial charge is 0.493 e. The Morgan fingerprint density at radius 3 is 2.24 bits per heavy atom. The van der Waals surface area contributed by atoms with Crippen molar-refractivity contribution in [3.8, 4) is 11.5 Å². The molecule has 112 valence electrons. The summed E-state index contributed by atoms with van der Waals surface area (Å²) in [6.07, 6.45) is -1.31. The Labute approximate surface area is 131 Å². The van der Waals surface area contributed by atoms with Gasteiger partial charge in [-0.25, -0.2) is 4.39 Å². The van der Waals surface area contributed by atoms with E-state index in [1.807, 2.05) is 0 Å². The molecule has 1 N–H and O–H groups in total. The van der Waals surface area contributed by atoms with Gasteiger partial charge >= 0.3 is 0 Å². The maximum absolute atomic E-state index is 13.9. The van der Waals surface area contributed by atoms with Crippen LogP contribution in [-0.2, 0) is 0 Å². The van der Waals surface area contributed by atoms with Gasteiger partial charge in [-0.2, -0.15) is 0 Å². The Kier molecular flexibility index (Phi) is 4.93. The average molecular weight is 331 g/mol. The van der Waals surface area contributed by atoms with Gasteiger partial charge < -0.3 is 14.6 Å². The lowest BCUT2D eigenvalue weighted by atomic mass is 10.0. The van der Waals surface area contributed by atoms with E-state index in [0.29, 0.717) is 11.5 Å². The first-order valence-corrected chi connectivity index (χ1v) is 6.78. The highest BCUT2D eigenvalue weighted by molar-refractivity contribution is 6.32. The number of methoxy groups -OCH3 is 2. The van der Waals surface area contributed by atoms with Crippen LogP contribution in [0.25, 0.3) is 0 Å². The van der Waals surface area contributed by atoms with Crippen LogP contribution in [0.4, 0.5) is 4.39 Å². The lowest BCUT2D eigenvalue weighted by molar-refractivity contribution is 0.214. The first kappa shape index (κ1) is 15.9. The van der Waals surface area contributed by atoms with E-state index >= 15 is 0 Å². The zero-order valence-electron chi connectivity index (χ0n) is 11.4. The van der Waals surface area contributed by atoms with Crippen LogP contribution in [0.2, 0.25) is 10.0 Å². The van der Waals surface area contributed by atoms with Crippen molar-refractivity contribution in [3.05, 3.63) is 57.3 Å². The van der Waals surface area contributed by atoms with Crippen molar-refractivity contribution in [1.29, 1.82) is 0 Å². The van der Waals surface area contributed by atoms with E-state index < -0.39 is 11.9 Å². The molecule has 0 fully saturated rings. The lowest BCUT2D eigenvalue weighted by Gasteiger charge is -2.17. The molecule has 0 radical (unpaired) electrons. The zero-order chi connectivity index (χ0) is 15.6. The fourth-order valence-corrected chi connectivity index (χ4v) is 2.53. The highest BCUT2D eigenvalue weighted by Crippen LogP contribution is 2.39. The summed E-state index contributed by atoms with van der Waals surface area (Å²) in [7, 11) is 2.93. The predicted octanol–water partition coefficient (Wildman–Crippen LogP) is 4.23. The summed E-state index contributed by atoms with van der Waals surface area (Å²) in [6, 6.07) is 7.17. The van der Waals surface area contributed by atoms with Gasteiger partial charge in [0.05, 0.1) is 19.2 Å². The van der Waals surface area contributed by atoms with Crippen molar-refractivity contribution < 1.29 is 19.0 Å². The van der Waals surface area contributed by atoms with Crippen molar-refractivity contribution in [2.45, 2.75) is 6.10 Å². The number of benzene rings is 2. The molecule has 3 nitrogen and oxygen atoms in total. The molecule has 0 spiro atoms. The van der Waals surface area contributed by atoms with Crippen molar-refractivity contribution in [3.63, 3.8) is 0 Å². The molecule has 2 rings (SSSR count). The Morgan fingerprint density at radius 2 is 1.67 bits per heavy atom. The summed E-state index contributed by atoms with van der Waals surface area (Å²) in [5, 5.41) is 10.8. The summed E-state index contributed by atoms with van der Waals surface area (Å²) in [5.74, 6) is 0.183. The molecule has 0 saturated carbocycles. The lowest BCUT2D eigenvalue weighted by Crippen LogP contribution is -2.05. The van der Waals surface area contributed by atoms with Crippen molar-refractivity contribution >= 4 is 23.2 Å². The van der Waals surface area contributed by atoms with Crippen LogP contribution in [0.15, 0.2) is 30.3 Å². The first-order valence-electron chi connectivity index (χ1n) is 6.03. The first-order chi connectivity index (χ1) is 9.99. The van der Waals surface area contributed by atoms with E-state index in [0.717, 1.165) is 0 Å². The molecule has 0 bridgehead atoms. The highest BCUT2D eigenvalue weighted by atomic mass is 35.5. The molecule has 0 aliphatic heterocycles. The van der Waals surface area contributed by atoms with Crippen LogP contribution >= 0.6 is 23.2 Å². The Hall–Kier alpha value is -1.49. The van der Waals surface area contributed by atoms with E-state index in [1.165, 1.54) is 44.6 Å². The Morgan fingerprint density at radius 1 is 1.05 bits per heavy atom. The maximum Gasteiger partial charge on any atom is 0.162 e. The van der Waals surface area contributed by atoms with Crippen LogP contribution < -0.4 is 9.47 Å². The van der Waals surface area contributed by atoms with E-state index in [2.05, 4.69) is 0 Å². The van der Waals surface area contributed by atoms with Gasteiger partial charge in [-0.05, 0) is 18.2 Å². The van der Waals surface area contributed by atoms with Crippen LogP contribution in [0.5, 0.6) is 11.5 Å². The number of hydrogen-bond acceptors (Lipinski definition) is 3. The average Bonchev–Trinajstić information content (AvgIpc) is 2.46. The van der Waals surface area contributed by atoms with Gasteiger partial charge in [0, 0.05) is 22.2 Å². The number of ether oxygens (including phenoxy) is 2. The summed E-state index contributed by atoms with van der Waals surface area (Å²) in [4.78, 5) is 0. The Bertz CT molecular complexity index is 641. The molecule has 0 aromatic heterocycles. The number of rotatable bonds is 4. The summed E-state index contributed by atoms with van der Waals surface area (Å²) in [6.45, 7) is 0. The molecule has 1 atom stereocenters. The van der Waals surface area contributed by atoms with Gasteiger partial charge in [0.1, 0.15) is 11.9 Å². The molecular formula is C15H13Cl2FO3. The third-order valence-corrected chi connectivity index (χ3v) is 3.73. The van der Waals surface area contributed by atoms with Crippen LogP contribution in [0, 0.1) is 5.82 Å². The molecule has 2 aromatic rings. The topological polar surface area (TPSA) is 38.7 Å². The molecule has 2 aromatic carbocycles. The minimum atomic E-state index is -1.31. The second kappa shape index (κ2) is 6.52. The SMILES string of the molecule is COc1cc(Cl)c(C(O)c2c(F)cccc2Cl)cc1OC. The number of halogens is 3. The molecule has 0 saturated heterocycles. The van der Waals surface area contributed by atoms with Crippen LogP contribution in [0.1, 0.15) is 17.2 Å². The normalized spacial score (nSPS) is 12.1. The highest BCUT2D eigenvalue weighted by Gasteiger charge is 2.22. The van der Waals surface area contributed by atoms with Gasteiger partial charge in [-0.15, -0.1) is 0 Å². The summed E-state index contributed by atoms with van der Waals surface area (Å²) >= 11 is 12.1. The third kappa shape index (κ3) is 3.07. The van der Waals surface area contributed by atoms with Crippen molar-refractivity contribution in [2.24, 2.45) is 0 Å². The minimum Gasteiger partial charge on any atom is -0.493 e.